The van der Waals surface area contributed by atoms with E-state index in [1.54, 1.807) is 40.9 Å². The van der Waals surface area contributed by atoms with Crippen LogP contribution in [-0.4, -0.2) is 127 Å². The zero-order valence-electron chi connectivity index (χ0n) is 42.6. The molecular weight excluding hydrogens is 910 g/mol. The lowest BCUT2D eigenvalue weighted by atomic mass is 9.78. The van der Waals surface area contributed by atoms with Gasteiger partial charge in [-0.3, -0.25) is 23.7 Å². The smallest absolute Gasteiger partial charge is 0.335 e. The first kappa shape index (κ1) is 58.4. The Hall–Kier alpha value is -3.22. The molecule has 0 radical (unpaired) electrons. The van der Waals surface area contributed by atoms with Gasteiger partial charge in [-0.1, -0.05) is 71.1 Å². The SMILES string of the molecule is CO[C@H]1C[C@@H]2CCC(C)C(O)(O2)C(=O)C(=O)N2CCCCC2C(=O)O[C@H]([C@H](C)C[C@@H]2CC[C@@H](OP(N)(N)=O)[C@H](OC)C2)CC(=O)/C(C)=C/C(C)[C@@H](O)[C@@H](OC)C(=O)[C@H](C)C[C@H](C)C=CC=CC=C1C. The average Bonchev–Trinajstić information content (AvgIpc) is 3.30. The summed E-state index contributed by atoms with van der Waals surface area (Å²) in [6.45, 7) is 12.6. The van der Waals surface area contributed by atoms with Crippen molar-refractivity contribution in [1.82, 2.24) is 4.90 Å². The van der Waals surface area contributed by atoms with Gasteiger partial charge in [-0.05, 0) is 107 Å². The largest absolute Gasteiger partial charge is 0.460 e. The molecule has 0 aromatic heterocycles. The summed E-state index contributed by atoms with van der Waals surface area (Å²) < 4.78 is 47.1. The zero-order valence-corrected chi connectivity index (χ0v) is 43.5. The summed E-state index contributed by atoms with van der Waals surface area (Å²) in [5.41, 5.74) is 12.2. The molecule has 1 amide bonds. The summed E-state index contributed by atoms with van der Waals surface area (Å²) in [6, 6.07) is -1.18. The van der Waals surface area contributed by atoms with Gasteiger partial charge >= 0.3 is 13.6 Å². The van der Waals surface area contributed by atoms with Gasteiger partial charge in [-0.25, -0.2) is 15.8 Å². The minimum atomic E-state index is -3.79. The number of nitrogens with two attached hydrogens (primary N) is 2. The van der Waals surface area contributed by atoms with E-state index in [4.69, 9.17) is 39.2 Å². The Kier molecular flexibility index (Phi) is 22.4. The van der Waals surface area contributed by atoms with Gasteiger partial charge in [0.15, 0.2) is 11.6 Å². The molecule has 6 N–H and O–H groups in total. The van der Waals surface area contributed by atoms with Gasteiger partial charge in [0.25, 0.3) is 11.7 Å². The van der Waals surface area contributed by atoms with E-state index in [-0.39, 0.29) is 48.4 Å². The predicted molar refractivity (Wildman–Crippen MR) is 260 cm³/mol. The van der Waals surface area contributed by atoms with Gasteiger partial charge in [0.05, 0.1) is 30.5 Å². The molecule has 4 unspecified atom stereocenters. The molecule has 0 aromatic rings. The summed E-state index contributed by atoms with van der Waals surface area (Å²) in [5, 5.41) is 23.5. The number of ether oxygens (including phenoxy) is 5. The van der Waals surface area contributed by atoms with Crippen molar-refractivity contribution in [2.45, 2.75) is 180 Å². The van der Waals surface area contributed by atoms with Gasteiger partial charge in [0.1, 0.15) is 18.2 Å². The summed E-state index contributed by atoms with van der Waals surface area (Å²) >= 11 is 0. The number of piperidine rings is 1. The zero-order chi connectivity index (χ0) is 51.4. The second-order valence-electron chi connectivity index (χ2n) is 20.3. The number of hydrogen-bond donors (Lipinski definition) is 4. The Morgan fingerprint density at radius 1 is 0.884 bits per heavy atom. The number of amides is 1. The lowest BCUT2D eigenvalue weighted by Gasteiger charge is -2.42. The van der Waals surface area contributed by atoms with Crippen LogP contribution in [0.3, 0.4) is 0 Å². The van der Waals surface area contributed by atoms with Gasteiger partial charge in [-0.15, -0.1) is 0 Å². The highest BCUT2D eigenvalue weighted by Gasteiger charge is 2.53. The molecule has 3 aliphatic heterocycles. The van der Waals surface area contributed by atoms with E-state index in [1.165, 1.54) is 19.1 Å². The highest BCUT2D eigenvalue weighted by molar-refractivity contribution is 7.53. The van der Waals surface area contributed by atoms with Crippen LogP contribution in [0.15, 0.2) is 47.6 Å². The number of hydrogen-bond acceptors (Lipinski definition) is 14. The van der Waals surface area contributed by atoms with E-state index >= 15 is 0 Å². The third kappa shape index (κ3) is 16.1. The van der Waals surface area contributed by atoms with E-state index in [9.17, 15) is 38.8 Å². The molecule has 1 saturated carbocycles. The maximum atomic E-state index is 14.5. The molecule has 2 bridgehead atoms. The van der Waals surface area contributed by atoms with Crippen LogP contribution in [0.1, 0.15) is 126 Å². The number of methoxy groups -OCH3 is 3. The standard InChI is InChI=1S/C51H82N3O14P/c1-30-16-12-11-13-17-31(2)42(63-8)28-38-21-19-36(7)51(61,67-38)48(58)49(59)54-23-15-14-18-39(54)50(60)66-43(33(4)26-37-20-22-41(44(27-37)64-9)68-69(52,53)62)29-40(55)32(3)25-35(6)46(57)47(65-10)45(56)34(5)24-30/h11-13,16-17,25,30,33-39,41-44,46-47,57,61H,14-15,18-24,26-29H2,1-10H3,(H4,52,53,62)/b13-11?,16-12?,31-17?,32-25+/t30-,33-,34-,35?,36?,37+,38+,39?,41-,42+,43+,44-,46-,47+,51?/m1/s1. The number of carbonyl (C=O) groups excluding carboxylic acids is 5. The van der Waals surface area contributed by atoms with Crippen LogP contribution >= 0.6 is 7.67 Å². The van der Waals surface area contributed by atoms with Crippen LogP contribution in [0.4, 0.5) is 0 Å². The number of nitrogens with zero attached hydrogens (tertiary/aromatic N) is 1. The summed E-state index contributed by atoms with van der Waals surface area (Å²) in [5.74, 6) is -8.38. The van der Waals surface area contributed by atoms with Crippen molar-refractivity contribution in [3.63, 3.8) is 0 Å². The van der Waals surface area contributed by atoms with Gasteiger partial charge < -0.3 is 43.3 Å². The van der Waals surface area contributed by atoms with Gasteiger partial charge in [0, 0.05) is 58.5 Å². The van der Waals surface area contributed by atoms with Crippen molar-refractivity contribution in [1.29, 1.82) is 0 Å². The number of cyclic esters (lactones) is 1. The van der Waals surface area contributed by atoms with E-state index in [0.717, 1.165) is 5.57 Å². The van der Waals surface area contributed by atoms with Crippen LogP contribution in [-0.2, 0) is 56.7 Å². The van der Waals surface area contributed by atoms with Crippen molar-refractivity contribution in [2.24, 2.45) is 46.5 Å². The molecule has 1 aliphatic carbocycles. The van der Waals surface area contributed by atoms with Crippen LogP contribution in [0.2, 0.25) is 0 Å². The molecule has 390 valence electrons. The minimum Gasteiger partial charge on any atom is -0.460 e. The molecule has 0 spiro atoms. The monoisotopic (exact) mass is 992 g/mol. The van der Waals surface area contributed by atoms with Crippen LogP contribution < -0.4 is 11.0 Å². The number of aliphatic hydroxyl groups is 2. The van der Waals surface area contributed by atoms with E-state index < -0.39 is 104 Å². The highest BCUT2D eigenvalue weighted by atomic mass is 31.2. The second-order valence-corrected chi connectivity index (χ2v) is 21.8. The molecule has 17 nitrogen and oxygen atoms in total. The summed E-state index contributed by atoms with van der Waals surface area (Å²) in [6.07, 6.45) is 10.3. The summed E-state index contributed by atoms with van der Waals surface area (Å²) in [4.78, 5) is 72.1. The van der Waals surface area contributed by atoms with E-state index in [0.29, 0.717) is 64.2 Å². The van der Waals surface area contributed by atoms with Crippen molar-refractivity contribution in [2.75, 3.05) is 27.9 Å². The fraction of sp³-hybridized carbons (Fsp3) is 0.745. The fourth-order valence-electron chi connectivity index (χ4n) is 10.5. The van der Waals surface area contributed by atoms with Crippen molar-refractivity contribution >= 4 is 36.9 Å². The number of allylic oxidation sites excluding steroid dienone is 6. The molecule has 4 aliphatic rings. The molecule has 15 atom stereocenters. The van der Waals surface area contributed by atoms with E-state index in [2.05, 4.69) is 0 Å². The molecule has 69 heavy (non-hydrogen) atoms. The molecule has 4 rings (SSSR count). The fourth-order valence-corrected chi connectivity index (χ4v) is 11.1. The number of carbonyl (C=O) groups is 5. The van der Waals surface area contributed by atoms with Gasteiger partial charge in [0.2, 0.25) is 5.79 Å². The van der Waals surface area contributed by atoms with Crippen molar-refractivity contribution < 1.29 is 67.0 Å². The lowest BCUT2D eigenvalue weighted by Crippen LogP contribution is -2.61. The van der Waals surface area contributed by atoms with Crippen molar-refractivity contribution in [3.05, 3.63) is 47.6 Å². The Bertz CT molecular complexity index is 1950. The Morgan fingerprint density at radius 3 is 2.25 bits per heavy atom. The first-order valence-electron chi connectivity index (χ1n) is 24.8. The second kappa shape index (κ2) is 26.5. The molecule has 0 aromatic carbocycles. The number of Topliss-reactive ketones (excluding diaryl/α,β-unsaturated/α-hetero) is 3. The maximum Gasteiger partial charge on any atom is 0.335 e. The number of esters is 1. The minimum absolute atomic E-state index is 0.00300. The lowest BCUT2D eigenvalue weighted by molar-refractivity contribution is -0.265. The van der Waals surface area contributed by atoms with Gasteiger partial charge in [-0.2, -0.15) is 0 Å². The predicted octanol–water partition coefficient (Wildman–Crippen LogP) is 6.23. The quantitative estimate of drug-likeness (QED) is 0.119. The first-order chi connectivity index (χ1) is 32.4. The highest BCUT2D eigenvalue weighted by Crippen LogP contribution is 2.41. The number of aliphatic hydroxyl groups excluding tert-OH is 1. The average molecular weight is 992 g/mol. The van der Waals surface area contributed by atoms with Crippen LogP contribution in [0.25, 0.3) is 0 Å². The Morgan fingerprint density at radius 2 is 1.59 bits per heavy atom. The third-order valence-corrected chi connectivity index (χ3v) is 15.4. The molecule has 18 heteroatoms. The van der Waals surface area contributed by atoms with Crippen LogP contribution in [0, 0.1) is 35.5 Å². The molecule has 3 fully saturated rings. The normalized spacial score (nSPS) is 37.3. The van der Waals surface area contributed by atoms with E-state index in [1.807, 2.05) is 51.2 Å². The third-order valence-electron chi connectivity index (χ3n) is 14.8. The molecule has 3 heterocycles. The number of ketones is 3. The Labute approximate surface area is 409 Å². The molecule has 2 saturated heterocycles. The molecular formula is C51H82N3O14P. The Balaban J connectivity index is 1.70. The number of fused-ring (bicyclic) bond motifs is 3. The first-order valence-corrected chi connectivity index (χ1v) is 26.6. The number of rotatable bonds is 8. The van der Waals surface area contributed by atoms with Crippen molar-refractivity contribution in [3.8, 4) is 0 Å². The topological polar surface area (TPSA) is 254 Å². The maximum absolute atomic E-state index is 14.5. The van der Waals surface area contributed by atoms with Crippen LogP contribution in [0.5, 0.6) is 0 Å². The summed E-state index contributed by atoms with van der Waals surface area (Å²) in [7, 11) is 0.664.